The maximum atomic E-state index is 14.9. The number of likely N-dealkylation sites (tertiary alicyclic amines) is 2. The predicted molar refractivity (Wildman–Crippen MR) is 359 cm³/mol. The van der Waals surface area contributed by atoms with E-state index in [0.717, 1.165) is 0 Å². The van der Waals surface area contributed by atoms with Gasteiger partial charge in [-0.15, -0.1) is 0 Å². The molecule has 0 spiro atoms. The summed E-state index contributed by atoms with van der Waals surface area (Å²) in [4.78, 5) is 185. The van der Waals surface area contributed by atoms with Crippen LogP contribution in [0.1, 0.15) is 134 Å². The van der Waals surface area contributed by atoms with E-state index in [1.807, 2.05) is 20.1 Å². The molecule has 12 amide bonds. The van der Waals surface area contributed by atoms with Gasteiger partial charge < -0.3 is 91.8 Å². The fraction of sp³-hybridized carbons (Fsp3) is 0.594. The second kappa shape index (κ2) is 41.1. The number of carboxylic acid groups (broad SMARTS) is 1. The highest BCUT2D eigenvalue weighted by molar-refractivity contribution is 7.98. The van der Waals surface area contributed by atoms with Crippen LogP contribution in [0, 0.1) is 5.92 Å². The molecule has 32 heteroatoms. The van der Waals surface area contributed by atoms with Crippen LogP contribution >= 0.6 is 11.8 Å². The molecule has 96 heavy (non-hydrogen) atoms. The third kappa shape index (κ3) is 26.7. The van der Waals surface area contributed by atoms with E-state index < -0.39 is 175 Å². The van der Waals surface area contributed by atoms with Gasteiger partial charge in [0.15, 0.2) is 5.96 Å². The Morgan fingerprint density at radius 2 is 1.15 bits per heavy atom. The standard InChI is InChI=1S/C64H99N17O14S/c1-37(2)34-46(58(90)74-42(54(68)86)28-33-96-4)73-51(83)36-72-55(87)47(35-39-16-7-5-8-17-39)78-61(93)53(38(3)40-18-9-6-10-19-40)79-57(89)43(24-26-50(67)82)75-56(88)44(25-27-52(84)85)76-59(91)49-23-15-32-81(49)63(95)45(21-11-12-29-65)77-60(92)48-22-14-31-80(48)62(94)41(66)20-13-30-71-64(69)70/h5-10,16-19,37-38,41-49,53H,11-15,20-36,65-66H2,1-4H3,(H2,67,82)(H2,68,86)(H,72,87)(H,73,83)(H,74,90)(H,75,88)(H,76,91)(H,77,92)(H,78,93)(H,79,89)(H,84,85)(H4,69,70,71)/t38-,41-,42-,43-,44-,45-,46-,47-,48-,49-,53-/m0/s1. The van der Waals surface area contributed by atoms with Gasteiger partial charge in [0.05, 0.1) is 12.6 Å². The topological polar surface area (TPSA) is 513 Å². The summed E-state index contributed by atoms with van der Waals surface area (Å²) in [5.74, 6) is -11.4. The van der Waals surface area contributed by atoms with Crippen LogP contribution in [0.3, 0.4) is 0 Å². The van der Waals surface area contributed by atoms with E-state index in [1.54, 1.807) is 67.6 Å². The molecule has 0 bridgehead atoms. The first-order valence-electron chi connectivity index (χ1n) is 32.5. The molecule has 0 radical (unpaired) electrons. The smallest absolute Gasteiger partial charge is 0.303 e. The summed E-state index contributed by atoms with van der Waals surface area (Å²) in [6, 6.07) is 4.22. The van der Waals surface area contributed by atoms with Crippen LogP contribution in [-0.4, -0.2) is 203 Å². The Hall–Kier alpha value is -8.91. The van der Waals surface area contributed by atoms with Crippen LogP contribution < -0.4 is 76.9 Å². The number of carboxylic acids is 1. The highest BCUT2D eigenvalue weighted by atomic mass is 32.2. The molecule has 2 aromatic carbocycles. The summed E-state index contributed by atoms with van der Waals surface area (Å²) >= 11 is 1.45. The Kier molecular flexibility index (Phi) is 34.1. The molecule has 31 nitrogen and oxygen atoms in total. The number of primary amides is 2. The molecule has 0 saturated carbocycles. The minimum absolute atomic E-state index is 0.0520. The zero-order valence-electron chi connectivity index (χ0n) is 55.2. The van der Waals surface area contributed by atoms with Crippen molar-refractivity contribution in [3.8, 4) is 0 Å². The number of aliphatic imine (C=N–C) groups is 1. The van der Waals surface area contributed by atoms with E-state index in [1.165, 1.54) is 21.6 Å². The Bertz CT molecular complexity index is 3000. The van der Waals surface area contributed by atoms with Crippen LogP contribution in [-0.2, 0) is 68.7 Å². The largest absolute Gasteiger partial charge is 0.481 e. The Labute approximate surface area is 563 Å². The van der Waals surface area contributed by atoms with E-state index in [-0.39, 0.29) is 76.6 Å². The first kappa shape index (κ1) is 79.5. The normalized spacial score (nSPS) is 17.1. The van der Waals surface area contributed by atoms with Gasteiger partial charge in [0, 0.05) is 44.8 Å². The van der Waals surface area contributed by atoms with Crippen molar-refractivity contribution in [1.29, 1.82) is 0 Å². The Morgan fingerprint density at radius 3 is 1.72 bits per heavy atom. The zero-order valence-corrected chi connectivity index (χ0v) is 56.0. The second-order valence-corrected chi connectivity index (χ2v) is 25.5. The lowest BCUT2D eigenvalue weighted by molar-refractivity contribution is -0.144. The molecule has 0 aromatic heterocycles. The number of benzene rings is 2. The number of hydrogen-bond acceptors (Lipinski definition) is 17. The van der Waals surface area contributed by atoms with Crippen molar-refractivity contribution in [2.45, 2.75) is 190 Å². The third-order valence-corrected chi connectivity index (χ3v) is 17.1. The minimum atomic E-state index is -1.69. The predicted octanol–water partition coefficient (Wildman–Crippen LogP) is -2.55. The third-order valence-electron chi connectivity index (χ3n) is 16.5. The number of amides is 12. The Balaban J connectivity index is 1.59. The maximum Gasteiger partial charge on any atom is 0.303 e. The molecule has 2 aromatic rings. The molecule has 0 unspecified atom stereocenters. The van der Waals surface area contributed by atoms with Crippen LogP contribution in [0.4, 0.5) is 0 Å². The number of nitrogens with two attached hydrogens (primary N) is 6. The molecule has 4 rings (SSSR count). The fourth-order valence-electron chi connectivity index (χ4n) is 11.3. The molecule has 2 heterocycles. The lowest BCUT2D eigenvalue weighted by atomic mass is 9.91. The van der Waals surface area contributed by atoms with Gasteiger partial charge in [0.25, 0.3) is 0 Å². The van der Waals surface area contributed by atoms with Gasteiger partial charge in [-0.05, 0) is 119 Å². The fourth-order valence-corrected chi connectivity index (χ4v) is 11.8. The molecule has 2 aliphatic rings. The zero-order chi connectivity index (χ0) is 71.0. The highest BCUT2D eigenvalue weighted by Crippen LogP contribution is 2.25. The number of nitrogens with one attached hydrogen (secondary N) is 8. The van der Waals surface area contributed by atoms with Crippen molar-refractivity contribution in [2.24, 2.45) is 45.3 Å². The average molecular weight is 1360 g/mol. The summed E-state index contributed by atoms with van der Waals surface area (Å²) in [7, 11) is 0. The van der Waals surface area contributed by atoms with E-state index in [2.05, 4.69) is 47.5 Å². The lowest BCUT2D eigenvalue weighted by Crippen LogP contribution is -2.60. The van der Waals surface area contributed by atoms with Crippen molar-refractivity contribution >= 4 is 94.6 Å². The van der Waals surface area contributed by atoms with Crippen LogP contribution in [0.2, 0.25) is 0 Å². The number of aliphatic carboxylic acids is 1. The summed E-state index contributed by atoms with van der Waals surface area (Å²) in [5, 5.41) is 30.9. The van der Waals surface area contributed by atoms with E-state index in [4.69, 9.17) is 34.4 Å². The molecule has 21 N–H and O–H groups in total. The summed E-state index contributed by atoms with van der Waals surface area (Å²) < 4.78 is 0. The molecule has 2 fully saturated rings. The number of hydrogen-bond donors (Lipinski definition) is 15. The van der Waals surface area contributed by atoms with Crippen molar-refractivity contribution in [3.63, 3.8) is 0 Å². The van der Waals surface area contributed by atoms with Gasteiger partial charge in [-0.3, -0.25) is 67.3 Å². The van der Waals surface area contributed by atoms with Crippen molar-refractivity contribution in [3.05, 3.63) is 71.8 Å². The molecule has 0 aliphatic carbocycles. The second-order valence-electron chi connectivity index (χ2n) is 24.5. The number of unbranched alkanes of at least 4 members (excludes halogenated alkanes) is 1. The van der Waals surface area contributed by atoms with Gasteiger partial charge in [-0.2, -0.15) is 11.8 Å². The quantitative estimate of drug-likeness (QED) is 0.0185. The highest BCUT2D eigenvalue weighted by Gasteiger charge is 2.43. The lowest BCUT2D eigenvalue weighted by Gasteiger charge is -2.32. The average Bonchev–Trinajstić information content (AvgIpc) is 1.63. The van der Waals surface area contributed by atoms with Crippen LogP contribution in [0.15, 0.2) is 65.7 Å². The number of guanidine groups is 1. The van der Waals surface area contributed by atoms with Crippen molar-refractivity contribution in [1.82, 2.24) is 52.3 Å². The number of nitrogens with zero attached hydrogens (tertiary/aromatic N) is 3. The SMILES string of the molecule is CSCC[C@H](NC(=O)[C@H](CC(C)C)NC(=O)CNC(=O)[C@H](Cc1ccccc1)NC(=O)[C@@H](NC(=O)[C@H](CCC(N)=O)NC(=O)[C@H](CCC(=O)O)NC(=O)[C@@H]1CCCN1C(=O)[C@H](CCCCN)NC(=O)[C@@H]1CCCN1C(=O)[C@@H](N)CCCN=C(N)N)[C@@H](C)c1ccccc1)C(N)=O. The molecule has 2 saturated heterocycles. The summed E-state index contributed by atoms with van der Waals surface area (Å²) in [6.07, 6.45) is 2.76. The number of thioether (sulfide) groups is 1. The van der Waals surface area contributed by atoms with Gasteiger partial charge in [-0.1, -0.05) is 81.4 Å². The summed E-state index contributed by atoms with van der Waals surface area (Å²) in [6.45, 7) is 5.42. The number of carbonyl (C=O) groups is 13. The van der Waals surface area contributed by atoms with E-state index in [0.29, 0.717) is 55.4 Å². The summed E-state index contributed by atoms with van der Waals surface area (Å²) in [5.41, 5.74) is 35.1. The minimum Gasteiger partial charge on any atom is -0.481 e. The Morgan fingerprint density at radius 1 is 0.594 bits per heavy atom. The van der Waals surface area contributed by atoms with Crippen LogP contribution in [0.25, 0.3) is 0 Å². The molecular weight excluding hydrogens is 1260 g/mol. The van der Waals surface area contributed by atoms with Gasteiger partial charge >= 0.3 is 5.97 Å². The number of rotatable bonds is 42. The van der Waals surface area contributed by atoms with Crippen molar-refractivity contribution < 1.29 is 67.4 Å². The van der Waals surface area contributed by atoms with Crippen molar-refractivity contribution in [2.75, 3.05) is 44.7 Å². The monoisotopic (exact) mass is 1360 g/mol. The molecule has 2 aliphatic heterocycles. The van der Waals surface area contributed by atoms with Gasteiger partial charge in [0.1, 0.15) is 54.4 Å². The van der Waals surface area contributed by atoms with Crippen LogP contribution in [0.5, 0.6) is 0 Å². The molecular formula is C64H99N17O14S. The molecule has 11 atom stereocenters. The first-order chi connectivity index (χ1) is 45.6. The van der Waals surface area contributed by atoms with E-state index >= 15 is 0 Å². The van der Waals surface area contributed by atoms with E-state index in [9.17, 15) is 67.4 Å². The first-order valence-corrected chi connectivity index (χ1v) is 33.9. The maximum absolute atomic E-state index is 14.9. The number of carbonyl (C=O) groups excluding carboxylic acids is 12. The van der Waals surface area contributed by atoms with Gasteiger partial charge in [0.2, 0.25) is 70.9 Å². The molecule has 530 valence electrons. The van der Waals surface area contributed by atoms with Gasteiger partial charge in [-0.25, -0.2) is 0 Å².